The predicted molar refractivity (Wildman–Crippen MR) is 586 cm³/mol. The molecule has 18 aromatic carbocycles. The number of fused-ring (bicyclic) bond motifs is 15. The van der Waals surface area contributed by atoms with Gasteiger partial charge in [-0.3, -0.25) is 0 Å². The first-order valence-electron chi connectivity index (χ1n) is 45.8. The predicted octanol–water partition coefficient (Wildman–Crippen LogP) is 33.2. The number of aromatic nitrogens is 4. The van der Waals surface area contributed by atoms with E-state index in [2.05, 4.69) is 297 Å². The van der Waals surface area contributed by atoms with E-state index in [9.17, 15) is 20.2 Å². The van der Waals surface area contributed by atoms with Crippen molar-refractivity contribution in [2.45, 2.75) is 52.7 Å². The van der Waals surface area contributed by atoms with Gasteiger partial charge in [0.25, 0.3) is 0 Å². The Morgan fingerprint density at radius 2 is 0.632 bits per heavy atom. The standard InChI is InChI=1S/C45H25N5.C27H13BrN4.C24H24BNO2.C15H8N2.C13H7BrFN.CH4/c1-47-33-18-20-44-40(26-33)41-27-34(48-2)19-21-45(41)50(44)36-24-31(22-32(25-36)37-13-4-3-10-30(37)28-46)29-11-9-12-35(23-29)49-42-16-7-5-14-38(42)39-15-6-8-17-43(39)49;1-31-21-7-9-27-25(14-21)24-10-17(15-29)6-8-26(24)32(27)22-12-19(11-20(28)13-22)23-5-3-2-4-18(23)16-30;1-23(2)24(3,4)28-25(27-23)17-10-9-11-18(16-17)26-21-14-7-5-12-19(21)20-13-6-8-15-22(20)26;1-17-13-5-4-12-7-11-3-2-10(9-16)6-14(11)15(12)8-13;14-11-5-10(6-12(15)7-11)13-4-2-1-3-9(13)8-16;/h3-27H;2-14H;5-16H,1-4H3;2-6,8H,7H2;1-7H;1H4. The Hall–Kier alpha value is -18.6. The Bertz CT molecular complexity index is 9100. The van der Waals surface area contributed by atoms with E-state index in [1.807, 2.05) is 164 Å². The van der Waals surface area contributed by atoms with Crippen molar-refractivity contribution in [2.24, 2.45) is 0 Å². The molecule has 0 unspecified atom stereocenters. The van der Waals surface area contributed by atoms with Gasteiger partial charge in [-0.15, -0.1) is 0 Å². The average molecular weight is 1990 g/mol. The maximum atomic E-state index is 13.2. The van der Waals surface area contributed by atoms with Crippen LogP contribution in [-0.4, -0.2) is 36.6 Å². The second kappa shape index (κ2) is 39.7. The van der Waals surface area contributed by atoms with Crippen LogP contribution < -0.4 is 5.46 Å². The molecule has 24 rings (SSSR count). The molecule has 1 aliphatic heterocycles. The summed E-state index contributed by atoms with van der Waals surface area (Å²) >= 11 is 6.87. The molecule has 2 aliphatic rings. The lowest BCUT2D eigenvalue weighted by Gasteiger charge is -2.32. The summed E-state index contributed by atoms with van der Waals surface area (Å²) in [7, 11) is -0.363. The molecule has 4 aromatic heterocycles. The van der Waals surface area contributed by atoms with Crippen LogP contribution in [0.5, 0.6) is 0 Å². The van der Waals surface area contributed by atoms with Crippen molar-refractivity contribution >= 4 is 154 Å². The van der Waals surface area contributed by atoms with Gasteiger partial charge in [0.2, 0.25) is 0 Å². The highest BCUT2D eigenvalue weighted by Gasteiger charge is 2.52. The van der Waals surface area contributed by atoms with E-state index in [1.54, 1.807) is 36.4 Å². The molecule has 22 aromatic rings. The van der Waals surface area contributed by atoms with E-state index in [1.165, 1.54) is 55.8 Å². The zero-order chi connectivity index (χ0) is 98.9. The van der Waals surface area contributed by atoms with Crippen LogP contribution in [0, 0.1) is 88.8 Å². The lowest BCUT2D eigenvalue weighted by Crippen LogP contribution is -2.41. The number of halogens is 3. The molecular weight excluding hydrogens is 1910 g/mol. The van der Waals surface area contributed by atoms with Gasteiger partial charge in [0.05, 0.1) is 140 Å². The maximum Gasteiger partial charge on any atom is 0.494 e. The van der Waals surface area contributed by atoms with Crippen molar-refractivity contribution in [3.8, 4) is 109 Å². The summed E-state index contributed by atoms with van der Waals surface area (Å²) in [6.45, 7) is 38.1. The smallest absolute Gasteiger partial charge is 0.399 e. The van der Waals surface area contributed by atoms with Crippen LogP contribution in [0.4, 0.5) is 27.1 Å². The van der Waals surface area contributed by atoms with Gasteiger partial charge >= 0.3 is 7.12 Å². The molecule has 19 heteroatoms. The van der Waals surface area contributed by atoms with Crippen LogP contribution >= 0.6 is 31.9 Å². The zero-order valence-corrected chi connectivity index (χ0v) is 80.6. The Morgan fingerprint density at radius 1 is 0.292 bits per heavy atom. The first kappa shape index (κ1) is 94.4. The second-order valence-corrected chi connectivity index (χ2v) is 37.5. The van der Waals surface area contributed by atoms with E-state index in [0.29, 0.717) is 60.6 Å². The Balaban J connectivity index is 0.000000121. The molecular formula is C125H81BBr2FN13O2. The van der Waals surface area contributed by atoms with E-state index in [-0.39, 0.29) is 31.6 Å². The molecule has 0 spiro atoms. The van der Waals surface area contributed by atoms with E-state index in [0.717, 1.165) is 144 Å². The van der Waals surface area contributed by atoms with Gasteiger partial charge in [0.1, 0.15) is 5.82 Å². The Morgan fingerprint density at radius 3 is 1.09 bits per heavy atom. The van der Waals surface area contributed by atoms with Crippen molar-refractivity contribution < 1.29 is 13.7 Å². The van der Waals surface area contributed by atoms with Crippen molar-refractivity contribution in [2.75, 3.05) is 0 Å². The summed E-state index contributed by atoms with van der Waals surface area (Å²) in [5, 5.41) is 55.6. The molecule has 0 saturated carbocycles. The summed E-state index contributed by atoms with van der Waals surface area (Å²) in [5.41, 5.74) is 29.8. The third-order valence-corrected chi connectivity index (χ3v) is 27.6. The molecule has 144 heavy (non-hydrogen) atoms. The van der Waals surface area contributed by atoms with Crippen LogP contribution in [0.3, 0.4) is 0 Å². The summed E-state index contributed by atoms with van der Waals surface area (Å²) < 4.78 is 36.3. The molecule has 0 bridgehead atoms. The van der Waals surface area contributed by atoms with Crippen molar-refractivity contribution in [1.29, 1.82) is 26.3 Å². The van der Waals surface area contributed by atoms with Gasteiger partial charge < -0.3 is 27.6 Å². The molecule has 0 N–H and O–H groups in total. The molecule has 0 radical (unpaired) electrons. The number of rotatable bonds is 9. The normalized spacial score (nSPS) is 12.2. The average Bonchev–Trinajstić information content (AvgIpc) is 1.58. The van der Waals surface area contributed by atoms with Crippen LogP contribution in [-0.2, 0) is 15.7 Å². The van der Waals surface area contributed by atoms with E-state index in [4.69, 9.17) is 46.1 Å². The monoisotopic (exact) mass is 1980 g/mol. The summed E-state index contributed by atoms with van der Waals surface area (Å²) in [4.78, 5) is 14.4. The topological polar surface area (TPSA) is 175 Å². The van der Waals surface area contributed by atoms with E-state index < -0.39 is 0 Å². The number of para-hydroxylation sites is 4. The van der Waals surface area contributed by atoms with Crippen LogP contribution in [0.1, 0.15) is 74.1 Å². The molecule has 0 atom stereocenters. The largest absolute Gasteiger partial charge is 0.494 e. The summed E-state index contributed by atoms with van der Waals surface area (Å²) in [6.07, 6.45) is 0.897. The third-order valence-electron chi connectivity index (χ3n) is 26.6. The summed E-state index contributed by atoms with van der Waals surface area (Å²) in [6, 6.07) is 136. The lowest BCUT2D eigenvalue weighted by molar-refractivity contribution is 0.00578. The fourth-order valence-electron chi connectivity index (χ4n) is 19.3. The van der Waals surface area contributed by atoms with Crippen LogP contribution in [0.25, 0.3) is 185 Å². The molecule has 1 aliphatic carbocycles. The number of nitrogens with zero attached hydrogens (tertiary/aromatic N) is 13. The Kier molecular flexibility index (Phi) is 26.1. The van der Waals surface area contributed by atoms with Crippen LogP contribution in [0.15, 0.2) is 391 Å². The zero-order valence-electron chi connectivity index (χ0n) is 77.4. The minimum Gasteiger partial charge on any atom is -0.399 e. The highest BCUT2D eigenvalue weighted by atomic mass is 79.9. The van der Waals surface area contributed by atoms with Crippen molar-refractivity contribution in [1.82, 2.24) is 18.3 Å². The lowest BCUT2D eigenvalue weighted by atomic mass is 9.79. The van der Waals surface area contributed by atoms with Crippen molar-refractivity contribution in [3.63, 3.8) is 0 Å². The van der Waals surface area contributed by atoms with Crippen molar-refractivity contribution in [3.05, 3.63) is 482 Å². The molecule has 0 amide bonds. The minimum absolute atomic E-state index is 0. The highest BCUT2D eigenvalue weighted by Crippen LogP contribution is 2.46. The fourth-order valence-corrected chi connectivity index (χ4v) is 20.2. The van der Waals surface area contributed by atoms with E-state index >= 15 is 0 Å². The fraction of sp³-hybridized carbons (Fsp3) is 0.0640. The summed E-state index contributed by atoms with van der Waals surface area (Å²) in [5.74, 6) is -0.322. The number of hydrogen-bond acceptors (Lipinski definition) is 7. The molecule has 15 nitrogen and oxygen atoms in total. The SMILES string of the molecule is C.CC1(C)OB(c2cccc(-n3c4ccccc4c4ccccc43)c2)OC1(C)C.N#Cc1ccccc1-c1cc(F)cc(Br)c1.[C-]#[N+]c1ccc2c(c1)-c1cc(C#N)ccc1C2.[C-]#[N+]c1ccc2c(c1)c1cc(C#N)ccc1n2-c1cc(Br)cc(-c2ccccc2C#N)c1.[C-]#[N+]c1ccc2c(c1)c1cc([N+]#[C-])ccc1n2-c1cc(-c2cccc(-n3c4ccccc4c4ccccc43)c2)cc(-c2ccccc2C#N)c1. The second-order valence-electron chi connectivity index (χ2n) is 35.6. The molecule has 1 fully saturated rings. The van der Waals surface area contributed by atoms with Gasteiger partial charge in [0.15, 0.2) is 22.7 Å². The number of benzene rings is 18. The van der Waals surface area contributed by atoms with Gasteiger partial charge in [-0.2, -0.15) is 26.3 Å². The van der Waals surface area contributed by atoms with Gasteiger partial charge in [-0.1, -0.05) is 227 Å². The maximum absolute atomic E-state index is 13.2. The first-order valence-corrected chi connectivity index (χ1v) is 47.4. The number of hydrogen-bond donors (Lipinski definition) is 0. The van der Waals surface area contributed by atoms with Gasteiger partial charge in [0, 0.05) is 58.6 Å². The van der Waals surface area contributed by atoms with Crippen LogP contribution in [0.2, 0.25) is 0 Å². The molecule has 1 saturated heterocycles. The van der Waals surface area contributed by atoms with Gasteiger partial charge in [-0.05, 0) is 317 Å². The van der Waals surface area contributed by atoms with Gasteiger partial charge in [-0.25, -0.2) is 23.8 Å². The molecule has 5 heterocycles. The quantitative estimate of drug-likeness (QED) is 0.102. The number of nitriles is 5. The first-order chi connectivity index (χ1) is 69.7. The minimum atomic E-state index is -0.363. The highest BCUT2D eigenvalue weighted by molar-refractivity contribution is 9.10. The third kappa shape index (κ3) is 17.9. The Labute approximate surface area is 849 Å². The molecule has 682 valence electrons.